The van der Waals surface area contributed by atoms with Gasteiger partial charge in [-0.3, -0.25) is 9.78 Å². The first-order chi connectivity index (χ1) is 17.6. The number of H-pyrrole nitrogens is 1. The minimum Gasteiger partial charge on any atom is -0.495 e. The van der Waals surface area contributed by atoms with E-state index in [4.69, 9.17) is 14.5 Å². The minimum atomic E-state index is -0.0211. The molecule has 0 aliphatic rings. The number of benzene rings is 2. The molecule has 0 saturated carbocycles. The van der Waals surface area contributed by atoms with E-state index in [1.165, 1.54) is 0 Å². The molecular weight excluding hydrogens is 456 g/mol. The van der Waals surface area contributed by atoms with E-state index in [1.54, 1.807) is 38.0 Å². The number of hydrogen-bond donors (Lipinski definition) is 2. The molecule has 5 aromatic rings. The lowest BCUT2D eigenvalue weighted by Gasteiger charge is -2.10. The predicted octanol–water partition coefficient (Wildman–Crippen LogP) is 5.44. The number of pyridine rings is 1. The number of methoxy groups -OCH3 is 1. The van der Waals surface area contributed by atoms with Crippen molar-refractivity contribution in [3.8, 4) is 17.2 Å². The van der Waals surface area contributed by atoms with Crippen LogP contribution in [-0.4, -0.2) is 37.4 Å². The molecule has 0 fully saturated rings. The summed E-state index contributed by atoms with van der Waals surface area (Å²) in [7, 11) is 3.58. The van der Waals surface area contributed by atoms with E-state index < -0.39 is 0 Å². The molecule has 0 bridgehead atoms. The summed E-state index contributed by atoms with van der Waals surface area (Å²) < 4.78 is 13.4. The third-order valence-electron chi connectivity index (χ3n) is 5.86. The molecule has 2 N–H and O–H groups in total. The highest BCUT2D eigenvalue weighted by Crippen LogP contribution is 2.30. The van der Waals surface area contributed by atoms with Gasteiger partial charge in [0.25, 0.3) is 0 Å². The number of imidazole rings is 2. The van der Waals surface area contributed by atoms with Crippen LogP contribution in [0.5, 0.6) is 17.2 Å². The summed E-state index contributed by atoms with van der Waals surface area (Å²) in [4.78, 5) is 28.6. The topological polar surface area (TPSA) is 107 Å². The van der Waals surface area contributed by atoms with Crippen LogP contribution >= 0.6 is 0 Å². The highest BCUT2D eigenvalue weighted by molar-refractivity contribution is 5.94. The minimum absolute atomic E-state index is 0.0211. The van der Waals surface area contributed by atoms with Gasteiger partial charge in [0.15, 0.2) is 5.78 Å². The number of rotatable bonds is 10. The number of para-hydroxylation sites is 2. The van der Waals surface area contributed by atoms with Gasteiger partial charge in [0.2, 0.25) is 5.95 Å². The number of ether oxygens (including phenoxy) is 2. The van der Waals surface area contributed by atoms with Crippen LogP contribution in [0.2, 0.25) is 0 Å². The van der Waals surface area contributed by atoms with E-state index >= 15 is 0 Å². The van der Waals surface area contributed by atoms with Crippen molar-refractivity contribution < 1.29 is 14.3 Å². The van der Waals surface area contributed by atoms with Crippen molar-refractivity contribution in [3.05, 3.63) is 84.7 Å². The average molecular weight is 483 g/mol. The Hall–Kier alpha value is -4.66. The monoisotopic (exact) mass is 482 g/mol. The Morgan fingerprint density at radius 3 is 2.81 bits per heavy atom. The van der Waals surface area contributed by atoms with Crippen LogP contribution < -0.4 is 14.8 Å². The number of ketones is 1. The lowest BCUT2D eigenvalue weighted by molar-refractivity contribution is 0.0975. The lowest BCUT2D eigenvalue weighted by Crippen LogP contribution is -2.03. The summed E-state index contributed by atoms with van der Waals surface area (Å²) in [6.07, 6.45) is 6.88. The first kappa shape index (κ1) is 23.1. The molecule has 3 heterocycles. The Kier molecular flexibility index (Phi) is 6.61. The molecule has 3 aromatic heterocycles. The van der Waals surface area contributed by atoms with Crippen molar-refractivity contribution in [2.24, 2.45) is 7.05 Å². The second-order valence-corrected chi connectivity index (χ2v) is 8.30. The quantitative estimate of drug-likeness (QED) is 0.255. The van der Waals surface area contributed by atoms with Crippen molar-refractivity contribution in [2.75, 3.05) is 12.4 Å². The molecular formula is C27H26N6O3. The standard InChI is InChI=1S/C27H26N6O3/c1-33-24-11-10-19(14-22(24)32-27(33)31-21-7-3-4-9-26(21)35-2)36-20-12-13-29-23(15-20)25(34)8-5-6-18-16-28-17-30-18/h3-4,7,9-17H,5-6,8H2,1-2H3,(H,28,30)(H,31,32). The Balaban J connectivity index is 1.29. The maximum absolute atomic E-state index is 12.6. The summed E-state index contributed by atoms with van der Waals surface area (Å²) in [6.45, 7) is 0. The summed E-state index contributed by atoms with van der Waals surface area (Å²) in [5, 5.41) is 3.33. The molecule has 0 amide bonds. The first-order valence-electron chi connectivity index (χ1n) is 11.6. The Morgan fingerprint density at radius 1 is 1.11 bits per heavy atom. The third kappa shape index (κ3) is 5.05. The molecule has 9 heteroatoms. The van der Waals surface area contributed by atoms with Gasteiger partial charge in [-0.25, -0.2) is 9.97 Å². The Labute approximate surface area is 208 Å². The molecule has 0 radical (unpaired) electrons. The van der Waals surface area contributed by atoms with E-state index in [9.17, 15) is 4.79 Å². The SMILES string of the molecule is COc1ccccc1Nc1nc2cc(Oc3ccnc(C(=O)CCCc4cnc[nH]4)c3)ccc2n1C. The molecule has 2 aromatic carbocycles. The Morgan fingerprint density at radius 2 is 1.97 bits per heavy atom. The third-order valence-corrected chi connectivity index (χ3v) is 5.86. The molecule has 0 aliphatic carbocycles. The zero-order valence-corrected chi connectivity index (χ0v) is 20.1. The average Bonchev–Trinajstić information content (AvgIpc) is 3.52. The van der Waals surface area contributed by atoms with Crippen LogP contribution in [0, 0.1) is 0 Å². The van der Waals surface area contributed by atoms with Crippen LogP contribution in [0.25, 0.3) is 11.0 Å². The largest absolute Gasteiger partial charge is 0.495 e. The molecule has 9 nitrogen and oxygen atoms in total. The van der Waals surface area contributed by atoms with E-state index in [1.807, 2.05) is 54.1 Å². The number of hydrogen-bond acceptors (Lipinski definition) is 7. The van der Waals surface area contributed by atoms with Crippen molar-refractivity contribution in [1.29, 1.82) is 0 Å². The van der Waals surface area contributed by atoms with Crippen LogP contribution in [0.1, 0.15) is 29.0 Å². The zero-order valence-electron chi connectivity index (χ0n) is 20.1. The number of aryl methyl sites for hydroxylation is 2. The van der Waals surface area contributed by atoms with Gasteiger partial charge in [-0.15, -0.1) is 0 Å². The number of Topliss-reactive ketones (excluding diaryl/α,β-unsaturated/α-hetero) is 1. The van der Waals surface area contributed by atoms with Crippen LogP contribution in [0.3, 0.4) is 0 Å². The van der Waals surface area contributed by atoms with Crippen LogP contribution in [-0.2, 0) is 13.5 Å². The maximum Gasteiger partial charge on any atom is 0.208 e. The van der Waals surface area contributed by atoms with E-state index in [0.29, 0.717) is 29.6 Å². The van der Waals surface area contributed by atoms with Crippen molar-refractivity contribution >= 4 is 28.5 Å². The molecule has 36 heavy (non-hydrogen) atoms. The van der Waals surface area contributed by atoms with E-state index in [2.05, 4.69) is 20.3 Å². The van der Waals surface area contributed by atoms with Crippen LogP contribution in [0.15, 0.2) is 73.3 Å². The number of aromatic amines is 1. The number of nitrogens with zero attached hydrogens (tertiary/aromatic N) is 4. The molecule has 0 saturated heterocycles. The van der Waals surface area contributed by atoms with Gasteiger partial charge in [0.05, 0.1) is 30.2 Å². The number of carbonyl (C=O) groups is 1. The van der Waals surface area contributed by atoms with Gasteiger partial charge in [-0.1, -0.05) is 12.1 Å². The fourth-order valence-electron chi connectivity index (χ4n) is 3.98. The van der Waals surface area contributed by atoms with Gasteiger partial charge < -0.3 is 24.3 Å². The summed E-state index contributed by atoms with van der Waals surface area (Å²) in [5.41, 5.74) is 3.95. The fourth-order valence-corrected chi connectivity index (χ4v) is 3.98. The second kappa shape index (κ2) is 10.3. The first-order valence-corrected chi connectivity index (χ1v) is 11.6. The normalized spacial score (nSPS) is 10.9. The number of fused-ring (bicyclic) bond motifs is 1. The highest BCUT2D eigenvalue weighted by Gasteiger charge is 2.13. The summed E-state index contributed by atoms with van der Waals surface area (Å²) >= 11 is 0. The summed E-state index contributed by atoms with van der Waals surface area (Å²) in [6, 6.07) is 16.8. The van der Waals surface area contributed by atoms with E-state index in [0.717, 1.165) is 41.0 Å². The number of anilines is 2. The summed E-state index contributed by atoms with van der Waals surface area (Å²) in [5.74, 6) is 2.56. The molecule has 0 aliphatic heterocycles. The molecule has 0 unspecified atom stereocenters. The lowest BCUT2D eigenvalue weighted by atomic mass is 10.1. The number of aromatic nitrogens is 5. The molecule has 5 rings (SSSR count). The maximum atomic E-state index is 12.6. The van der Waals surface area contributed by atoms with Gasteiger partial charge in [0, 0.05) is 43.7 Å². The van der Waals surface area contributed by atoms with Crippen molar-refractivity contribution in [2.45, 2.75) is 19.3 Å². The van der Waals surface area contributed by atoms with Gasteiger partial charge >= 0.3 is 0 Å². The zero-order chi connectivity index (χ0) is 24.9. The second-order valence-electron chi connectivity index (χ2n) is 8.30. The molecule has 0 spiro atoms. The smallest absolute Gasteiger partial charge is 0.208 e. The Bertz CT molecular complexity index is 1490. The van der Waals surface area contributed by atoms with Crippen LogP contribution in [0.4, 0.5) is 11.6 Å². The number of carbonyl (C=O) groups excluding carboxylic acids is 1. The number of nitrogens with one attached hydrogen (secondary N) is 2. The fraction of sp³-hybridized carbons (Fsp3) is 0.185. The van der Waals surface area contributed by atoms with Gasteiger partial charge in [0.1, 0.15) is 22.9 Å². The van der Waals surface area contributed by atoms with Crippen molar-refractivity contribution in [3.63, 3.8) is 0 Å². The molecule has 0 atom stereocenters. The van der Waals surface area contributed by atoms with Crippen molar-refractivity contribution in [1.82, 2.24) is 24.5 Å². The predicted molar refractivity (Wildman–Crippen MR) is 137 cm³/mol. The van der Waals surface area contributed by atoms with Gasteiger partial charge in [-0.05, 0) is 43.2 Å². The molecule has 182 valence electrons. The van der Waals surface area contributed by atoms with Gasteiger partial charge in [-0.2, -0.15) is 0 Å². The van der Waals surface area contributed by atoms with E-state index in [-0.39, 0.29) is 5.78 Å². The highest BCUT2D eigenvalue weighted by atomic mass is 16.5.